The van der Waals surface area contributed by atoms with E-state index in [2.05, 4.69) is 6.92 Å². The van der Waals surface area contributed by atoms with Gasteiger partial charge < -0.3 is 4.74 Å². The lowest BCUT2D eigenvalue weighted by Gasteiger charge is -2.13. The van der Waals surface area contributed by atoms with E-state index < -0.39 is 0 Å². The molecule has 1 aliphatic rings. The van der Waals surface area contributed by atoms with Crippen LogP contribution in [0.5, 0.6) is 0 Å². The van der Waals surface area contributed by atoms with Gasteiger partial charge in [0.15, 0.2) is 0 Å². The van der Waals surface area contributed by atoms with E-state index in [4.69, 9.17) is 27.9 Å². The second kappa shape index (κ2) is 4.32. The first kappa shape index (κ1) is 11.3. The van der Waals surface area contributed by atoms with Crippen LogP contribution >= 0.6 is 23.2 Å². The lowest BCUT2D eigenvalue weighted by Crippen LogP contribution is -2.09. The molecule has 0 N–H and O–H groups in total. The molecule has 0 aliphatic carbocycles. The van der Waals surface area contributed by atoms with E-state index in [1.165, 1.54) is 12.8 Å². The highest BCUT2D eigenvalue weighted by atomic mass is 35.5. The van der Waals surface area contributed by atoms with Crippen molar-refractivity contribution in [3.05, 3.63) is 33.8 Å². The van der Waals surface area contributed by atoms with Crippen molar-refractivity contribution in [2.24, 2.45) is 0 Å². The zero-order chi connectivity index (χ0) is 10.9. The molecule has 1 fully saturated rings. The van der Waals surface area contributed by atoms with Gasteiger partial charge in [-0.05, 0) is 18.6 Å². The third kappa shape index (κ3) is 2.30. The molecular formula is C12H14Cl2O. The molecule has 1 atom stereocenters. The second-order valence-electron chi connectivity index (χ2n) is 4.01. The minimum atomic E-state index is -0.113. The van der Waals surface area contributed by atoms with E-state index in [9.17, 15) is 0 Å². The fourth-order valence-electron chi connectivity index (χ4n) is 1.84. The van der Waals surface area contributed by atoms with Crippen LogP contribution in [-0.2, 0) is 10.3 Å². The first-order valence-corrected chi connectivity index (χ1v) is 6.03. The summed E-state index contributed by atoms with van der Waals surface area (Å²) in [6.07, 6.45) is 3.39. The monoisotopic (exact) mass is 244 g/mol. The number of hydrogen-bond donors (Lipinski definition) is 0. The molecule has 1 aromatic carbocycles. The van der Waals surface area contributed by atoms with Gasteiger partial charge in [-0.25, -0.2) is 0 Å². The Kier molecular flexibility index (Phi) is 3.24. The van der Waals surface area contributed by atoms with Crippen LogP contribution in [0.3, 0.4) is 0 Å². The van der Waals surface area contributed by atoms with Crippen molar-refractivity contribution in [3.63, 3.8) is 0 Å². The largest absolute Gasteiger partial charge is 0.364 e. The van der Waals surface area contributed by atoms with Gasteiger partial charge in [-0.1, -0.05) is 49.0 Å². The minimum Gasteiger partial charge on any atom is -0.364 e. The number of unbranched alkanes of at least 4 members (excludes halogenated alkanes) is 1. The van der Waals surface area contributed by atoms with Gasteiger partial charge in [-0.15, -0.1) is 0 Å². The average Bonchev–Trinajstić information content (AvgIpc) is 2.96. The van der Waals surface area contributed by atoms with Crippen LogP contribution in [0.1, 0.15) is 31.7 Å². The molecular weight excluding hydrogens is 231 g/mol. The fourth-order valence-corrected chi connectivity index (χ4v) is 2.42. The van der Waals surface area contributed by atoms with Crippen LogP contribution in [0.2, 0.25) is 10.0 Å². The third-order valence-electron chi connectivity index (χ3n) is 2.85. The quantitative estimate of drug-likeness (QED) is 0.716. The van der Waals surface area contributed by atoms with E-state index in [0.717, 1.165) is 23.6 Å². The number of halogens is 2. The molecule has 3 heteroatoms. The SMILES string of the molecule is CCCCC1(c2ccc(Cl)cc2Cl)CO1. The Balaban J connectivity index is 2.21. The van der Waals surface area contributed by atoms with E-state index in [0.29, 0.717) is 5.02 Å². The molecule has 82 valence electrons. The van der Waals surface area contributed by atoms with Crippen molar-refractivity contribution < 1.29 is 4.74 Å². The molecule has 0 aromatic heterocycles. The third-order valence-corrected chi connectivity index (χ3v) is 3.40. The molecule has 2 rings (SSSR count). The van der Waals surface area contributed by atoms with Crippen LogP contribution in [0.25, 0.3) is 0 Å². The second-order valence-corrected chi connectivity index (χ2v) is 4.85. The van der Waals surface area contributed by atoms with Gasteiger partial charge in [0, 0.05) is 15.6 Å². The molecule has 0 radical (unpaired) electrons. The van der Waals surface area contributed by atoms with Gasteiger partial charge in [-0.2, -0.15) is 0 Å². The maximum absolute atomic E-state index is 6.17. The fraction of sp³-hybridized carbons (Fsp3) is 0.500. The van der Waals surface area contributed by atoms with Crippen molar-refractivity contribution in [2.75, 3.05) is 6.61 Å². The minimum absolute atomic E-state index is 0.113. The van der Waals surface area contributed by atoms with Crippen molar-refractivity contribution >= 4 is 23.2 Å². The number of epoxide rings is 1. The van der Waals surface area contributed by atoms with Crippen molar-refractivity contribution in [1.29, 1.82) is 0 Å². The van der Waals surface area contributed by atoms with Gasteiger partial charge >= 0.3 is 0 Å². The Morgan fingerprint density at radius 2 is 2.13 bits per heavy atom. The predicted molar refractivity (Wildman–Crippen MR) is 63.6 cm³/mol. The van der Waals surface area contributed by atoms with Gasteiger partial charge in [0.25, 0.3) is 0 Å². The van der Waals surface area contributed by atoms with Gasteiger partial charge in [0.2, 0.25) is 0 Å². The van der Waals surface area contributed by atoms with Crippen molar-refractivity contribution in [2.45, 2.75) is 31.8 Å². The molecule has 0 bridgehead atoms. The zero-order valence-corrected chi connectivity index (χ0v) is 10.2. The Morgan fingerprint density at radius 3 is 2.67 bits per heavy atom. The van der Waals surface area contributed by atoms with Crippen LogP contribution in [0.15, 0.2) is 18.2 Å². The number of hydrogen-bond acceptors (Lipinski definition) is 1. The van der Waals surface area contributed by atoms with E-state index >= 15 is 0 Å². The Labute approximate surface area is 100 Å². The van der Waals surface area contributed by atoms with E-state index in [-0.39, 0.29) is 5.60 Å². The molecule has 1 heterocycles. The summed E-state index contributed by atoms with van der Waals surface area (Å²) >= 11 is 12.0. The summed E-state index contributed by atoms with van der Waals surface area (Å²) in [6.45, 7) is 2.97. The van der Waals surface area contributed by atoms with Crippen LogP contribution < -0.4 is 0 Å². The topological polar surface area (TPSA) is 12.5 Å². The predicted octanol–water partition coefficient (Wildman–Crippen LogP) is 4.41. The standard InChI is InChI=1S/C12H14Cl2O/c1-2-3-6-12(8-15-12)10-5-4-9(13)7-11(10)14/h4-5,7H,2-3,6,8H2,1H3. The molecule has 1 aliphatic heterocycles. The summed E-state index contributed by atoms with van der Waals surface area (Å²) in [5, 5.41) is 1.39. The summed E-state index contributed by atoms with van der Waals surface area (Å²) in [5.74, 6) is 0. The number of rotatable bonds is 4. The highest BCUT2D eigenvalue weighted by Gasteiger charge is 2.46. The lowest BCUT2D eigenvalue weighted by atomic mass is 9.94. The molecule has 1 nitrogen and oxygen atoms in total. The molecule has 1 aromatic rings. The molecule has 15 heavy (non-hydrogen) atoms. The highest BCUT2D eigenvalue weighted by Crippen LogP contribution is 2.46. The molecule has 1 unspecified atom stereocenters. The van der Waals surface area contributed by atoms with E-state index in [1.807, 2.05) is 12.1 Å². The van der Waals surface area contributed by atoms with Gasteiger partial charge in [-0.3, -0.25) is 0 Å². The normalized spacial score (nSPS) is 24.2. The summed E-state index contributed by atoms with van der Waals surface area (Å²) in [5.41, 5.74) is 0.972. The lowest BCUT2D eigenvalue weighted by molar-refractivity contribution is 0.287. The first-order valence-electron chi connectivity index (χ1n) is 5.27. The maximum Gasteiger partial charge on any atom is 0.118 e. The van der Waals surface area contributed by atoms with E-state index in [1.54, 1.807) is 6.07 Å². The van der Waals surface area contributed by atoms with Gasteiger partial charge in [0.05, 0.1) is 6.61 Å². The van der Waals surface area contributed by atoms with Crippen molar-refractivity contribution in [1.82, 2.24) is 0 Å². The summed E-state index contributed by atoms with van der Waals surface area (Å²) < 4.78 is 5.58. The Morgan fingerprint density at radius 1 is 1.40 bits per heavy atom. The van der Waals surface area contributed by atoms with Crippen LogP contribution in [0, 0.1) is 0 Å². The average molecular weight is 245 g/mol. The zero-order valence-electron chi connectivity index (χ0n) is 8.72. The van der Waals surface area contributed by atoms with Gasteiger partial charge in [0.1, 0.15) is 5.60 Å². The van der Waals surface area contributed by atoms with Crippen LogP contribution in [0.4, 0.5) is 0 Å². The summed E-state index contributed by atoms with van der Waals surface area (Å²) in [6, 6.07) is 5.64. The maximum atomic E-state index is 6.17. The number of ether oxygens (including phenoxy) is 1. The summed E-state index contributed by atoms with van der Waals surface area (Å²) in [4.78, 5) is 0. The molecule has 0 saturated carbocycles. The molecule has 0 amide bonds. The van der Waals surface area contributed by atoms with Crippen LogP contribution in [-0.4, -0.2) is 6.61 Å². The smallest absolute Gasteiger partial charge is 0.118 e. The van der Waals surface area contributed by atoms with Crippen molar-refractivity contribution in [3.8, 4) is 0 Å². The first-order chi connectivity index (χ1) is 7.18. The molecule has 1 saturated heterocycles. The number of benzene rings is 1. The Hall–Kier alpha value is -0.240. The highest BCUT2D eigenvalue weighted by molar-refractivity contribution is 6.35. The summed E-state index contributed by atoms with van der Waals surface area (Å²) in [7, 11) is 0. The molecule has 0 spiro atoms. The Bertz CT molecular complexity index is 359.